The monoisotopic (exact) mass is 357 g/mol. The molecule has 3 nitrogen and oxygen atoms in total. The van der Waals surface area contributed by atoms with E-state index in [0.29, 0.717) is 0 Å². The summed E-state index contributed by atoms with van der Waals surface area (Å²) < 4.78 is 1.10. The average Bonchev–Trinajstić information content (AvgIpc) is 2.98. The SMILES string of the molecule is Clc1ccc(Br)cc1CN1CCN(C2CCNC2)CC1. The molecule has 1 atom stereocenters. The van der Waals surface area contributed by atoms with E-state index in [1.165, 1.54) is 31.6 Å². The molecule has 1 N–H and O–H groups in total. The van der Waals surface area contributed by atoms with E-state index in [-0.39, 0.29) is 0 Å². The molecule has 0 aromatic heterocycles. The van der Waals surface area contributed by atoms with Gasteiger partial charge in [0.05, 0.1) is 0 Å². The number of piperazine rings is 1. The third kappa shape index (κ3) is 3.55. The molecule has 1 unspecified atom stereocenters. The van der Waals surface area contributed by atoms with E-state index in [0.717, 1.165) is 41.7 Å². The van der Waals surface area contributed by atoms with Crippen LogP contribution in [0.3, 0.4) is 0 Å². The third-order valence-corrected chi connectivity index (χ3v) is 5.22. The number of hydrogen-bond donors (Lipinski definition) is 1. The molecule has 0 saturated carbocycles. The van der Waals surface area contributed by atoms with Gasteiger partial charge in [0.15, 0.2) is 0 Å². The van der Waals surface area contributed by atoms with Gasteiger partial charge in [-0.2, -0.15) is 0 Å². The molecule has 1 aromatic carbocycles. The van der Waals surface area contributed by atoms with Crippen LogP contribution in [0, 0.1) is 0 Å². The minimum atomic E-state index is 0.756. The average molecular weight is 359 g/mol. The van der Waals surface area contributed by atoms with Crippen LogP contribution >= 0.6 is 27.5 Å². The normalized spacial score (nSPS) is 25.2. The molecule has 110 valence electrons. The van der Waals surface area contributed by atoms with E-state index in [1.807, 2.05) is 12.1 Å². The van der Waals surface area contributed by atoms with Crippen molar-refractivity contribution >= 4 is 27.5 Å². The Morgan fingerprint density at radius 3 is 2.75 bits per heavy atom. The van der Waals surface area contributed by atoms with Crippen LogP contribution in [-0.4, -0.2) is 55.1 Å². The Hall–Kier alpha value is -0.130. The van der Waals surface area contributed by atoms with E-state index in [1.54, 1.807) is 0 Å². The van der Waals surface area contributed by atoms with Gasteiger partial charge in [0.1, 0.15) is 0 Å². The topological polar surface area (TPSA) is 18.5 Å². The van der Waals surface area contributed by atoms with Gasteiger partial charge in [-0.1, -0.05) is 27.5 Å². The lowest BCUT2D eigenvalue weighted by Crippen LogP contribution is -2.50. The zero-order valence-electron chi connectivity index (χ0n) is 11.6. The lowest BCUT2D eigenvalue weighted by atomic mass is 10.1. The highest BCUT2D eigenvalue weighted by Gasteiger charge is 2.26. The second-order valence-electron chi connectivity index (χ2n) is 5.69. The number of nitrogens with one attached hydrogen (secondary N) is 1. The molecule has 1 aromatic rings. The molecule has 2 heterocycles. The predicted octanol–water partition coefficient (Wildman–Crippen LogP) is 2.58. The van der Waals surface area contributed by atoms with Crippen molar-refractivity contribution in [3.8, 4) is 0 Å². The van der Waals surface area contributed by atoms with Gasteiger partial charge in [-0.25, -0.2) is 0 Å². The van der Waals surface area contributed by atoms with Gasteiger partial charge in [0.2, 0.25) is 0 Å². The maximum atomic E-state index is 6.28. The number of hydrogen-bond acceptors (Lipinski definition) is 3. The highest BCUT2D eigenvalue weighted by atomic mass is 79.9. The molecule has 5 heteroatoms. The van der Waals surface area contributed by atoms with Gasteiger partial charge < -0.3 is 5.32 Å². The molecule has 0 aliphatic carbocycles. The highest BCUT2D eigenvalue weighted by Crippen LogP contribution is 2.23. The summed E-state index contributed by atoms with van der Waals surface area (Å²) in [6.07, 6.45) is 1.30. The van der Waals surface area contributed by atoms with Gasteiger partial charge in [-0.15, -0.1) is 0 Å². The largest absolute Gasteiger partial charge is 0.315 e. The van der Waals surface area contributed by atoms with E-state index >= 15 is 0 Å². The van der Waals surface area contributed by atoms with E-state index in [4.69, 9.17) is 11.6 Å². The van der Waals surface area contributed by atoms with Crippen molar-refractivity contribution in [2.24, 2.45) is 0 Å². The Labute approximate surface area is 134 Å². The van der Waals surface area contributed by atoms with Crippen LogP contribution in [0.5, 0.6) is 0 Å². The van der Waals surface area contributed by atoms with E-state index < -0.39 is 0 Å². The fourth-order valence-corrected chi connectivity index (χ4v) is 3.73. The van der Waals surface area contributed by atoms with Crippen molar-refractivity contribution in [3.63, 3.8) is 0 Å². The van der Waals surface area contributed by atoms with Crippen molar-refractivity contribution in [3.05, 3.63) is 33.3 Å². The fourth-order valence-electron chi connectivity index (χ4n) is 3.14. The minimum absolute atomic E-state index is 0.756. The summed E-state index contributed by atoms with van der Waals surface area (Å²) in [5.41, 5.74) is 1.22. The summed E-state index contributed by atoms with van der Waals surface area (Å²) in [5, 5.41) is 4.33. The van der Waals surface area contributed by atoms with Crippen LogP contribution in [0.1, 0.15) is 12.0 Å². The molecule has 0 radical (unpaired) electrons. The Kier molecular flexibility index (Phi) is 5.00. The summed E-state index contributed by atoms with van der Waals surface area (Å²) in [6.45, 7) is 7.93. The standard InChI is InChI=1S/C15H21BrClN3/c16-13-1-2-15(17)12(9-13)11-19-5-7-20(8-6-19)14-3-4-18-10-14/h1-2,9,14,18H,3-8,10-11H2. The van der Waals surface area contributed by atoms with Crippen molar-refractivity contribution in [2.75, 3.05) is 39.3 Å². The van der Waals surface area contributed by atoms with Crippen LogP contribution in [0.15, 0.2) is 22.7 Å². The first-order valence-corrected chi connectivity index (χ1v) is 8.50. The Bertz CT molecular complexity index is 454. The summed E-state index contributed by atoms with van der Waals surface area (Å²) in [6, 6.07) is 6.86. The molecule has 2 aliphatic rings. The first kappa shape index (κ1) is 14.8. The molecule has 2 fully saturated rings. The molecule has 2 saturated heterocycles. The molecule has 0 bridgehead atoms. The summed E-state index contributed by atoms with van der Waals surface area (Å²) in [5.74, 6) is 0. The van der Waals surface area contributed by atoms with Crippen molar-refractivity contribution in [1.29, 1.82) is 0 Å². The second kappa shape index (κ2) is 6.75. The van der Waals surface area contributed by atoms with Crippen LogP contribution < -0.4 is 5.32 Å². The van der Waals surface area contributed by atoms with Crippen LogP contribution in [-0.2, 0) is 6.54 Å². The Morgan fingerprint density at radius 1 is 1.25 bits per heavy atom. The lowest BCUT2D eigenvalue weighted by Gasteiger charge is -2.37. The predicted molar refractivity (Wildman–Crippen MR) is 87.3 cm³/mol. The van der Waals surface area contributed by atoms with E-state index in [9.17, 15) is 0 Å². The smallest absolute Gasteiger partial charge is 0.0451 e. The minimum Gasteiger partial charge on any atom is -0.315 e. The van der Waals surface area contributed by atoms with Gasteiger partial charge in [0.25, 0.3) is 0 Å². The van der Waals surface area contributed by atoms with Gasteiger partial charge in [0, 0.05) is 54.8 Å². The summed E-state index contributed by atoms with van der Waals surface area (Å²) >= 11 is 9.80. The van der Waals surface area contributed by atoms with Crippen molar-refractivity contribution in [2.45, 2.75) is 19.0 Å². The Balaban J connectivity index is 1.54. The maximum Gasteiger partial charge on any atom is 0.0451 e. The fraction of sp³-hybridized carbons (Fsp3) is 0.600. The van der Waals surface area contributed by atoms with E-state index in [2.05, 4.69) is 37.1 Å². The Morgan fingerprint density at radius 2 is 2.05 bits per heavy atom. The maximum absolute atomic E-state index is 6.28. The summed E-state index contributed by atoms with van der Waals surface area (Å²) in [7, 11) is 0. The van der Waals surface area contributed by atoms with Crippen LogP contribution in [0.2, 0.25) is 5.02 Å². The number of rotatable bonds is 3. The molecular formula is C15H21BrClN3. The molecular weight excluding hydrogens is 338 g/mol. The highest BCUT2D eigenvalue weighted by molar-refractivity contribution is 9.10. The van der Waals surface area contributed by atoms with Gasteiger partial charge >= 0.3 is 0 Å². The van der Waals surface area contributed by atoms with Gasteiger partial charge in [-0.3, -0.25) is 9.80 Å². The number of nitrogens with zero attached hydrogens (tertiary/aromatic N) is 2. The molecule has 0 amide bonds. The number of benzene rings is 1. The molecule has 2 aliphatic heterocycles. The molecule has 0 spiro atoms. The second-order valence-corrected chi connectivity index (χ2v) is 7.02. The van der Waals surface area contributed by atoms with Crippen molar-refractivity contribution in [1.82, 2.24) is 15.1 Å². The van der Waals surface area contributed by atoms with Crippen LogP contribution in [0.4, 0.5) is 0 Å². The zero-order valence-corrected chi connectivity index (χ0v) is 14.0. The number of halogens is 2. The third-order valence-electron chi connectivity index (χ3n) is 4.36. The quantitative estimate of drug-likeness (QED) is 0.896. The van der Waals surface area contributed by atoms with Crippen LogP contribution in [0.25, 0.3) is 0 Å². The molecule has 3 rings (SSSR count). The lowest BCUT2D eigenvalue weighted by molar-refractivity contribution is 0.0981. The van der Waals surface area contributed by atoms with Crippen molar-refractivity contribution < 1.29 is 0 Å². The zero-order chi connectivity index (χ0) is 13.9. The summed E-state index contributed by atoms with van der Waals surface area (Å²) in [4.78, 5) is 5.14. The van der Waals surface area contributed by atoms with Gasteiger partial charge in [-0.05, 0) is 36.7 Å². The first-order chi connectivity index (χ1) is 9.72. The first-order valence-electron chi connectivity index (χ1n) is 7.33. The molecule has 20 heavy (non-hydrogen) atoms.